The fourth-order valence-corrected chi connectivity index (χ4v) is 4.63. The van der Waals surface area contributed by atoms with Gasteiger partial charge in [-0.25, -0.2) is 9.97 Å². The lowest BCUT2D eigenvalue weighted by molar-refractivity contribution is 0.0702. The Bertz CT molecular complexity index is 1100. The van der Waals surface area contributed by atoms with Crippen molar-refractivity contribution in [1.82, 2.24) is 19.8 Å². The van der Waals surface area contributed by atoms with Crippen LogP contribution in [-0.2, 0) is 13.0 Å². The zero-order valence-electron chi connectivity index (χ0n) is 17.2. The van der Waals surface area contributed by atoms with E-state index >= 15 is 0 Å². The molecular formula is C23H26N4O2. The summed E-state index contributed by atoms with van der Waals surface area (Å²) in [6, 6.07) is 6.34. The lowest BCUT2D eigenvalue weighted by Crippen LogP contribution is -2.37. The highest BCUT2D eigenvalue weighted by Crippen LogP contribution is 2.31. The molecule has 1 atom stereocenters. The number of hydrogen-bond acceptors (Lipinski definition) is 5. The van der Waals surface area contributed by atoms with Crippen molar-refractivity contribution in [3.05, 3.63) is 58.4 Å². The molecule has 6 heteroatoms. The maximum Gasteiger partial charge on any atom is 0.290 e. The van der Waals surface area contributed by atoms with E-state index in [1.54, 1.807) is 0 Å². The number of amides is 1. The van der Waals surface area contributed by atoms with Crippen LogP contribution in [0.25, 0.3) is 11.0 Å². The number of likely N-dealkylation sites (tertiary alicyclic amines) is 1. The van der Waals surface area contributed by atoms with E-state index in [1.165, 1.54) is 6.42 Å². The molecule has 0 spiro atoms. The van der Waals surface area contributed by atoms with Gasteiger partial charge in [-0.3, -0.25) is 9.69 Å². The molecule has 1 fully saturated rings. The van der Waals surface area contributed by atoms with Crippen LogP contribution in [0.5, 0.6) is 0 Å². The third kappa shape index (κ3) is 3.02. The maximum atomic E-state index is 13.2. The summed E-state index contributed by atoms with van der Waals surface area (Å²) in [6.45, 7) is 6.25. The Labute approximate surface area is 170 Å². The van der Waals surface area contributed by atoms with E-state index in [0.29, 0.717) is 24.9 Å². The predicted octanol–water partition coefficient (Wildman–Crippen LogP) is 3.80. The highest BCUT2D eigenvalue weighted by Gasteiger charge is 2.30. The smallest absolute Gasteiger partial charge is 0.290 e. The molecule has 0 saturated carbocycles. The molecule has 0 N–H and O–H groups in total. The summed E-state index contributed by atoms with van der Waals surface area (Å²) in [5.74, 6) is 1.32. The van der Waals surface area contributed by atoms with Crippen molar-refractivity contribution >= 4 is 16.9 Å². The highest BCUT2D eigenvalue weighted by atomic mass is 16.3. The average Bonchev–Trinajstić information content (AvgIpc) is 3.31. The van der Waals surface area contributed by atoms with Crippen LogP contribution in [0.4, 0.5) is 0 Å². The van der Waals surface area contributed by atoms with E-state index < -0.39 is 0 Å². The maximum absolute atomic E-state index is 13.2. The number of para-hydroxylation sites is 1. The minimum atomic E-state index is -0.0525. The molecule has 0 bridgehead atoms. The first-order valence-corrected chi connectivity index (χ1v) is 10.4. The largest absolute Gasteiger partial charge is 0.450 e. The van der Waals surface area contributed by atoms with Gasteiger partial charge in [0.15, 0.2) is 5.76 Å². The number of aryl methyl sites for hydroxylation is 2. The van der Waals surface area contributed by atoms with Gasteiger partial charge in [0.2, 0.25) is 0 Å². The van der Waals surface area contributed by atoms with Crippen LogP contribution in [0.1, 0.15) is 57.6 Å². The second-order valence-electron chi connectivity index (χ2n) is 8.32. The van der Waals surface area contributed by atoms with E-state index in [9.17, 15) is 4.79 Å². The first-order valence-electron chi connectivity index (χ1n) is 10.4. The minimum Gasteiger partial charge on any atom is -0.450 e. The van der Waals surface area contributed by atoms with E-state index in [4.69, 9.17) is 9.40 Å². The number of aromatic nitrogens is 2. The van der Waals surface area contributed by atoms with Crippen LogP contribution in [0.2, 0.25) is 0 Å². The molecule has 29 heavy (non-hydrogen) atoms. The third-order valence-electron chi connectivity index (χ3n) is 6.41. The molecule has 1 aromatic carbocycles. The van der Waals surface area contributed by atoms with Gasteiger partial charge in [0.1, 0.15) is 11.4 Å². The first-order chi connectivity index (χ1) is 14.0. The van der Waals surface area contributed by atoms with Crippen molar-refractivity contribution in [3.8, 4) is 0 Å². The molecule has 0 radical (unpaired) electrons. The second kappa shape index (κ2) is 6.95. The fraction of sp³-hybridized carbons (Fsp3) is 0.435. The van der Waals surface area contributed by atoms with Crippen LogP contribution in [0, 0.1) is 13.8 Å². The Morgan fingerprint density at radius 3 is 2.86 bits per heavy atom. The number of carbonyl (C=O) groups excluding carboxylic acids is 1. The molecule has 3 aromatic rings. The Morgan fingerprint density at radius 2 is 2.10 bits per heavy atom. The van der Waals surface area contributed by atoms with Gasteiger partial charge < -0.3 is 9.32 Å². The van der Waals surface area contributed by atoms with Gasteiger partial charge in [-0.15, -0.1) is 0 Å². The zero-order chi connectivity index (χ0) is 20.1. The molecule has 0 aliphatic carbocycles. The number of furan rings is 1. The predicted molar refractivity (Wildman–Crippen MR) is 111 cm³/mol. The topological polar surface area (TPSA) is 62.5 Å². The number of carbonyl (C=O) groups is 1. The molecule has 6 nitrogen and oxygen atoms in total. The molecule has 5 rings (SSSR count). The normalized spacial score (nSPS) is 19.7. The van der Waals surface area contributed by atoms with E-state index in [2.05, 4.69) is 16.9 Å². The second-order valence-corrected chi connectivity index (χ2v) is 8.32. The number of fused-ring (bicyclic) bond motifs is 2. The summed E-state index contributed by atoms with van der Waals surface area (Å²) >= 11 is 0. The van der Waals surface area contributed by atoms with Gasteiger partial charge in [-0.1, -0.05) is 18.2 Å². The van der Waals surface area contributed by atoms with Crippen LogP contribution in [0.3, 0.4) is 0 Å². The Balaban J connectivity index is 1.40. The Morgan fingerprint density at radius 1 is 1.24 bits per heavy atom. The molecule has 2 aliphatic heterocycles. The van der Waals surface area contributed by atoms with Gasteiger partial charge in [-0.05, 0) is 45.8 Å². The zero-order valence-corrected chi connectivity index (χ0v) is 17.2. The van der Waals surface area contributed by atoms with Gasteiger partial charge >= 0.3 is 0 Å². The molecule has 4 heterocycles. The number of benzene rings is 1. The standard InChI is InChI=1S/C23H26N4O2/c1-14-6-4-7-17-15(2)21(29-20(14)17)23(28)27-11-9-18-16(13-27)12-24-22(25-18)19-8-5-10-26(19)3/h4,6-7,12,19H,5,8-11,13H2,1-3H3. The lowest BCUT2D eigenvalue weighted by atomic mass is 10.1. The Hall–Kier alpha value is -2.73. The van der Waals surface area contributed by atoms with Crippen molar-refractivity contribution in [2.45, 2.75) is 45.7 Å². The molecule has 1 amide bonds. The van der Waals surface area contributed by atoms with E-state index in [0.717, 1.165) is 58.6 Å². The average molecular weight is 390 g/mol. The van der Waals surface area contributed by atoms with E-state index in [-0.39, 0.29) is 5.91 Å². The van der Waals surface area contributed by atoms with Gasteiger partial charge in [0.25, 0.3) is 5.91 Å². The van der Waals surface area contributed by atoms with Crippen molar-refractivity contribution in [3.63, 3.8) is 0 Å². The monoisotopic (exact) mass is 390 g/mol. The highest BCUT2D eigenvalue weighted by molar-refractivity contribution is 5.99. The summed E-state index contributed by atoms with van der Waals surface area (Å²) < 4.78 is 6.00. The van der Waals surface area contributed by atoms with Crippen molar-refractivity contribution < 1.29 is 9.21 Å². The van der Waals surface area contributed by atoms with Gasteiger partial charge in [-0.2, -0.15) is 0 Å². The SMILES string of the molecule is Cc1c(C(=O)N2CCc3nc(C4CCCN4C)ncc3C2)oc2c(C)cccc12. The molecule has 1 unspecified atom stereocenters. The number of hydrogen-bond donors (Lipinski definition) is 0. The number of nitrogens with zero attached hydrogens (tertiary/aromatic N) is 4. The first kappa shape index (κ1) is 18.3. The fourth-order valence-electron chi connectivity index (χ4n) is 4.63. The Kier molecular flexibility index (Phi) is 4.39. The van der Waals surface area contributed by atoms with Crippen LogP contribution in [0.15, 0.2) is 28.8 Å². The molecule has 1 saturated heterocycles. The van der Waals surface area contributed by atoms with Crippen molar-refractivity contribution in [2.75, 3.05) is 20.1 Å². The third-order valence-corrected chi connectivity index (χ3v) is 6.41. The van der Waals surface area contributed by atoms with Crippen molar-refractivity contribution in [1.29, 1.82) is 0 Å². The molecule has 2 aliphatic rings. The summed E-state index contributed by atoms with van der Waals surface area (Å²) in [5.41, 5.74) is 4.89. The molecule has 150 valence electrons. The van der Waals surface area contributed by atoms with Crippen LogP contribution in [-0.4, -0.2) is 45.8 Å². The quantitative estimate of drug-likeness (QED) is 0.666. The lowest BCUT2D eigenvalue weighted by Gasteiger charge is -2.28. The summed E-state index contributed by atoms with van der Waals surface area (Å²) in [5, 5.41) is 1.01. The van der Waals surface area contributed by atoms with E-state index in [1.807, 2.05) is 43.1 Å². The molecular weight excluding hydrogens is 364 g/mol. The van der Waals surface area contributed by atoms with Gasteiger partial charge in [0, 0.05) is 42.2 Å². The van der Waals surface area contributed by atoms with Crippen LogP contribution >= 0.6 is 0 Å². The summed E-state index contributed by atoms with van der Waals surface area (Å²) in [4.78, 5) is 26.9. The number of rotatable bonds is 2. The van der Waals surface area contributed by atoms with Crippen LogP contribution < -0.4 is 0 Å². The molecule has 2 aromatic heterocycles. The van der Waals surface area contributed by atoms with Gasteiger partial charge in [0.05, 0.1) is 11.7 Å². The summed E-state index contributed by atoms with van der Waals surface area (Å²) in [6.07, 6.45) is 4.98. The summed E-state index contributed by atoms with van der Waals surface area (Å²) in [7, 11) is 2.14. The van der Waals surface area contributed by atoms with Crippen molar-refractivity contribution in [2.24, 2.45) is 0 Å². The minimum absolute atomic E-state index is 0.0525.